The van der Waals surface area contributed by atoms with E-state index >= 15 is 0 Å². The number of ether oxygens (including phenoxy) is 1. The van der Waals surface area contributed by atoms with E-state index in [2.05, 4.69) is 25.9 Å². The zero-order valence-electron chi connectivity index (χ0n) is 16.3. The van der Waals surface area contributed by atoms with Crippen molar-refractivity contribution in [1.29, 1.82) is 0 Å². The number of carbonyl (C=O) groups excluding carboxylic acids is 1. The highest BCUT2D eigenvalue weighted by Gasteiger charge is 2.20. The number of benzene rings is 1. The number of rotatable bonds is 7. The fourth-order valence-electron chi connectivity index (χ4n) is 2.56. The Morgan fingerprint density at radius 2 is 2.04 bits per heavy atom. The van der Waals surface area contributed by atoms with Crippen LogP contribution in [0.25, 0.3) is 0 Å². The molecule has 3 aromatic rings. The first-order chi connectivity index (χ1) is 13.4. The second-order valence-electron chi connectivity index (χ2n) is 6.12. The van der Waals surface area contributed by atoms with Crippen molar-refractivity contribution in [2.75, 3.05) is 17.7 Å². The second-order valence-corrected chi connectivity index (χ2v) is 8.68. The second kappa shape index (κ2) is 8.61. The molecule has 148 valence electrons. The summed E-state index contributed by atoms with van der Waals surface area (Å²) >= 11 is 2.75. The Bertz CT molecular complexity index is 984. The van der Waals surface area contributed by atoms with Crippen molar-refractivity contribution in [2.24, 2.45) is 7.05 Å². The van der Waals surface area contributed by atoms with Gasteiger partial charge in [-0.15, -0.1) is 10.2 Å². The maximum Gasteiger partial charge on any atom is 0.237 e. The number of hydrogen-bond acceptors (Lipinski definition) is 8. The average molecular weight is 419 g/mol. The van der Waals surface area contributed by atoms with Crippen LogP contribution in [-0.4, -0.2) is 38.2 Å². The molecule has 1 aromatic carbocycles. The molecule has 2 heterocycles. The number of thioether (sulfide) groups is 1. The first-order valence-corrected chi connectivity index (χ1v) is 10.3. The molecule has 1 atom stereocenters. The van der Waals surface area contributed by atoms with E-state index in [9.17, 15) is 4.79 Å². The largest absolute Gasteiger partial charge is 0.495 e. The van der Waals surface area contributed by atoms with Gasteiger partial charge in [-0.3, -0.25) is 9.48 Å². The predicted molar refractivity (Wildman–Crippen MR) is 113 cm³/mol. The summed E-state index contributed by atoms with van der Waals surface area (Å²) in [7, 11) is 3.47. The number of nitrogens with zero attached hydrogens (tertiary/aromatic N) is 4. The number of carbonyl (C=O) groups is 1. The van der Waals surface area contributed by atoms with E-state index in [4.69, 9.17) is 4.74 Å². The summed E-state index contributed by atoms with van der Waals surface area (Å²) in [6.45, 7) is 5.64. The Kier molecular flexibility index (Phi) is 6.20. The van der Waals surface area contributed by atoms with E-state index in [0.29, 0.717) is 9.47 Å². The van der Waals surface area contributed by atoms with Gasteiger partial charge >= 0.3 is 0 Å². The van der Waals surface area contributed by atoms with E-state index < -0.39 is 0 Å². The molecule has 10 heteroatoms. The lowest BCUT2D eigenvalue weighted by molar-refractivity contribution is -0.115. The van der Waals surface area contributed by atoms with Crippen LogP contribution in [0.2, 0.25) is 0 Å². The van der Waals surface area contributed by atoms with Crippen LogP contribution in [0.1, 0.15) is 18.3 Å². The van der Waals surface area contributed by atoms with Crippen LogP contribution >= 0.6 is 23.1 Å². The topological polar surface area (TPSA) is 94.0 Å². The fraction of sp³-hybridized carbons (Fsp3) is 0.333. The highest BCUT2D eigenvalue weighted by molar-refractivity contribution is 8.02. The number of methoxy groups -OCH3 is 1. The zero-order valence-corrected chi connectivity index (χ0v) is 17.9. The summed E-state index contributed by atoms with van der Waals surface area (Å²) in [6, 6.07) is 7.59. The number of amides is 1. The van der Waals surface area contributed by atoms with Crippen LogP contribution in [0.5, 0.6) is 5.75 Å². The first kappa shape index (κ1) is 20.2. The third kappa shape index (κ3) is 4.45. The lowest BCUT2D eigenvalue weighted by Crippen LogP contribution is -2.23. The number of aryl methyl sites for hydroxylation is 2. The van der Waals surface area contributed by atoms with Gasteiger partial charge in [0.2, 0.25) is 11.0 Å². The van der Waals surface area contributed by atoms with Gasteiger partial charge in [-0.05, 0) is 32.9 Å². The minimum absolute atomic E-state index is 0.0985. The molecule has 1 amide bonds. The van der Waals surface area contributed by atoms with E-state index in [0.717, 1.165) is 28.5 Å². The summed E-state index contributed by atoms with van der Waals surface area (Å²) in [5.74, 6) is 0.625. The molecule has 0 aliphatic heterocycles. The number of para-hydroxylation sites is 2. The van der Waals surface area contributed by atoms with Crippen molar-refractivity contribution in [3.63, 3.8) is 0 Å². The van der Waals surface area contributed by atoms with Crippen LogP contribution in [0.4, 0.5) is 16.5 Å². The highest BCUT2D eigenvalue weighted by Crippen LogP contribution is 2.33. The summed E-state index contributed by atoms with van der Waals surface area (Å²) < 4.78 is 7.79. The molecule has 1 unspecified atom stereocenters. The van der Waals surface area contributed by atoms with E-state index in [1.165, 1.54) is 23.1 Å². The summed E-state index contributed by atoms with van der Waals surface area (Å²) in [5, 5.41) is 19.1. The molecule has 0 radical (unpaired) electrons. The monoisotopic (exact) mass is 418 g/mol. The third-order valence-corrected chi connectivity index (χ3v) is 6.18. The van der Waals surface area contributed by atoms with Crippen LogP contribution in [-0.2, 0) is 11.8 Å². The lowest BCUT2D eigenvalue weighted by atomic mass is 10.3. The van der Waals surface area contributed by atoms with Gasteiger partial charge < -0.3 is 15.4 Å². The van der Waals surface area contributed by atoms with Gasteiger partial charge in [0.05, 0.1) is 35.1 Å². The Labute approximate surface area is 171 Å². The fourth-order valence-corrected chi connectivity index (χ4v) is 4.46. The van der Waals surface area contributed by atoms with E-state index in [1.54, 1.807) is 11.8 Å². The van der Waals surface area contributed by atoms with Crippen molar-refractivity contribution in [3.8, 4) is 5.75 Å². The Hall–Kier alpha value is -2.59. The van der Waals surface area contributed by atoms with Crippen LogP contribution in [0.3, 0.4) is 0 Å². The molecule has 2 aromatic heterocycles. The smallest absolute Gasteiger partial charge is 0.237 e. The maximum atomic E-state index is 12.6. The predicted octanol–water partition coefficient (Wildman–Crippen LogP) is 3.76. The van der Waals surface area contributed by atoms with Gasteiger partial charge in [0, 0.05) is 7.05 Å². The van der Waals surface area contributed by atoms with Crippen LogP contribution in [0.15, 0.2) is 28.6 Å². The first-order valence-electron chi connectivity index (χ1n) is 8.60. The Morgan fingerprint density at radius 3 is 2.71 bits per heavy atom. The van der Waals surface area contributed by atoms with E-state index in [1.807, 2.05) is 52.1 Å². The van der Waals surface area contributed by atoms with Gasteiger partial charge in [-0.25, -0.2) is 0 Å². The quantitative estimate of drug-likeness (QED) is 0.564. The van der Waals surface area contributed by atoms with Gasteiger partial charge in [0.15, 0.2) is 4.34 Å². The lowest BCUT2D eigenvalue weighted by Gasteiger charge is -2.10. The Balaban J connectivity index is 1.63. The molecule has 28 heavy (non-hydrogen) atoms. The van der Waals surface area contributed by atoms with Gasteiger partial charge in [0.1, 0.15) is 5.75 Å². The van der Waals surface area contributed by atoms with Crippen molar-refractivity contribution in [2.45, 2.75) is 30.4 Å². The van der Waals surface area contributed by atoms with Gasteiger partial charge in [-0.1, -0.05) is 35.2 Å². The summed E-state index contributed by atoms with van der Waals surface area (Å²) in [4.78, 5) is 12.6. The van der Waals surface area contributed by atoms with Gasteiger partial charge in [-0.2, -0.15) is 5.10 Å². The number of anilines is 3. The molecule has 2 N–H and O–H groups in total. The number of hydrogen-bond donors (Lipinski definition) is 2. The molecule has 0 saturated carbocycles. The number of nitrogens with one attached hydrogen (secondary N) is 2. The SMILES string of the molecule is COc1ccccc1Nc1nnc(SC(C)C(=O)Nc2c(C)nn(C)c2C)s1. The van der Waals surface area contributed by atoms with Crippen molar-refractivity contribution < 1.29 is 9.53 Å². The van der Waals surface area contributed by atoms with Crippen LogP contribution < -0.4 is 15.4 Å². The minimum Gasteiger partial charge on any atom is -0.495 e. The molecular weight excluding hydrogens is 396 g/mol. The molecule has 0 bridgehead atoms. The molecular formula is C18H22N6O2S2. The molecule has 0 aliphatic rings. The standard InChI is InChI=1S/C18H22N6O2S2/c1-10-15(11(2)24(4)23-10)20-16(25)12(3)27-18-22-21-17(28-18)19-13-8-6-7-9-14(13)26-5/h6-9,12H,1-5H3,(H,19,21)(H,20,25). The molecule has 0 spiro atoms. The minimum atomic E-state index is -0.328. The van der Waals surface area contributed by atoms with Crippen molar-refractivity contribution in [3.05, 3.63) is 35.7 Å². The Morgan fingerprint density at radius 1 is 1.29 bits per heavy atom. The van der Waals surface area contributed by atoms with Gasteiger partial charge in [0.25, 0.3) is 0 Å². The maximum absolute atomic E-state index is 12.6. The third-order valence-electron chi connectivity index (χ3n) is 4.16. The molecule has 0 aliphatic carbocycles. The molecule has 0 saturated heterocycles. The molecule has 8 nitrogen and oxygen atoms in total. The normalized spacial score (nSPS) is 11.9. The molecule has 3 rings (SSSR count). The molecule has 0 fully saturated rings. The average Bonchev–Trinajstić information content (AvgIpc) is 3.21. The highest BCUT2D eigenvalue weighted by atomic mass is 32.2. The van der Waals surface area contributed by atoms with Crippen molar-refractivity contribution >= 4 is 45.5 Å². The summed E-state index contributed by atoms with van der Waals surface area (Å²) in [6.07, 6.45) is 0. The number of aromatic nitrogens is 4. The van der Waals surface area contributed by atoms with Crippen LogP contribution in [0, 0.1) is 13.8 Å². The summed E-state index contributed by atoms with van der Waals surface area (Å²) in [5.41, 5.74) is 3.29. The zero-order chi connectivity index (χ0) is 20.3. The van der Waals surface area contributed by atoms with Crippen molar-refractivity contribution in [1.82, 2.24) is 20.0 Å². The van der Waals surface area contributed by atoms with E-state index in [-0.39, 0.29) is 11.2 Å².